The van der Waals surface area contributed by atoms with Crippen LogP contribution in [0, 0.1) is 20.8 Å². The lowest BCUT2D eigenvalue weighted by Crippen LogP contribution is -2.25. The van der Waals surface area contributed by atoms with Crippen molar-refractivity contribution in [3.8, 4) is 0 Å². The zero-order valence-electron chi connectivity index (χ0n) is 14.1. The number of aryl methyl sites for hydroxylation is 3. The summed E-state index contributed by atoms with van der Waals surface area (Å²) >= 11 is 1.30. The lowest BCUT2D eigenvalue weighted by atomic mass is 10.1. The quantitative estimate of drug-likeness (QED) is 0.876. The van der Waals surface area contributed by atoms with Crippen LogP contribution < -0.4 is 10.6 Å². The van der Waals surface area contributed by atoms with Crippen molar-refractivity contribution in [3.63, 3.8) is 0 Å². The van der Waals surface area contributed by atoms with Gasteiger partial charge >= 0.3 is 0 Å². The van der Waals surface area contributed by atoms with Crippen LogP contribution in [0.25, 0.3) is 0 Å². The Bertz CT molecular complexity index is 794. The second-order valence-electron chi connectivity index (χ2n) is 6.29. The molecule has 24 heavy (non-hydrogen) atoms. The molecule has 0 atom stereocenters. The summed E-state index contributed by atoms with van der Waals surface area (Å²) in [5.41, 5.74) is 3.79. The third-order valence-electron chi connectivity index (χ3n) is 4.06. The fourth-order valence-electron chi connectivity index (χ4n) is 2.38. The molecule has 0 unspecified atom stereocenters. The number of carbonyl (C=O) groups is 2. The fourth-order valence-corrected chi connectivity index (χ4v) is 3.35. The molecule has 1 aliphatic rings. The molecule has 0 spiro atoms. The summed E-state index contributed by atoms with van der Waals surface area (Å²) in [7, 11) is 0. The lowest BCUT2D eigenvalue weighted by molar-refractivity contribution is -0.115. The molecular weight excluding hydrogens is 322 g/mol. The molecule has 126 valence electrons. The molecule has 2 amide bonds. The van der Waals surface area contributed by atoms with Crippen LogP contribution >= 0.6 is 11.3 Å². The number of nitrogens with zero attached hydrogens (tertiary/aromatic N) is 1. The number of nitrogens with one attached hydrogen (secondary N) is 2. The number of anilines is 1. The van der Waals surface area contributed by atoms with Crippen LogP contribution in [-0.2, 0) is 11.2 Å². The summed E-state index contributed by atoms with van der Waals surface area (Å²) in [5, 5.41) is 6.51. The lowest BCUT2D eigenvalue weighted by Gasteiger charge is -2.06. The number of carbonyl (C=O) groups excluding carboxylic acids is 2. The highest BCUT2D eigenvalue weighted by Crippen LogP contribution is 2.23. The zero-order chi connectivity index (χ0) is 17.3. The van der Waals surface area contributed by atoms with Crippen LogP contribution in [0.3, 0.4) is 0 Å². The van der Waals surface area contributed by atoms with Crippen LogP contribution in [0.1, 0.15) is 44.3 Å². The van der Waals surface area contributed by atoms with Crippen molar-refractivity contribution in [2.75, 3.05) is 5.32 Å². The van der Waals surface area contributed by atoms with Gasteiger partial charge < -0.3 is 10.6 Å². The monoisotopic (exact) mass is 343 g/mol. The molecule has 3 rings (SSSR count). The van der Waals surface area contributed by atoms with E-state index >= 15 is 0 Å². The van der Waals surface area contributed by atoms with E-state index in [0.717, 1.165) is 24.1 Å². The van der Waals surface area contributed by atoms with E-state index in [9.17, 15) is 9.59 Å². The minimum absolute atomic E-state index is 0.0756. The normalized spacial score (nSPS) is 13.6. The third kappa shape index (κ3) is 4.00. The number of amides is 2. The van der Waals surface area contributed by atoms with Gasteiger partial charge in [-0.15, -0.1) is 11.3 Å². The van der Waals surface area contributed by atoms with Crippen LogP contribution in [0.4, 0.5) is 5.69 Å². The van der Waals surface area contributed by atoms with E-state index in [1.807, 2.05) is 39.0 Å². The van der Waals surface area contributed by atoms with E-state index < -0.39 is 0 Å². The predicted molar refractivity (Wildman–Crippen MR) is 95.6 cm³/mol. The highest BCUT2D eigenvalue weighted by atomic mass is 32.1. The minimum atomic E-state index is -0.124. The first-order chi connectivity index (χ1) is 11.4. The van der Waals surface area contributed by atoms with Gasteiger partial charge in [0, 0.05) is 11.7 Å². The molecule has 1 heterocycles. The Labute approximate surface area is 145 Å². The molecule has 2 N–H and O–H groups in total. The maximum atomic E-state index is 12.2. The number of rotatable bonds is 5. The summed E-state index contributed by atoms with van der Waals surface area (Å²) in [4.78, 5) is 29.3. The first-order valence-corrected chi connectivity index (χ1v) is 8.88. The minimum Gasteiger partial charge on any atom is -0.349 e. The highest BCUT2D eigenvalue weighted by Gasteiger charge is 2.26. The molecule has 1 aliphatic carbocycles. The second-order valence-corrected chi connectivity index (χ2v) is 7.38. The Hall–Kier alpha value is -2.21. The predicted octanol–water partition coefficient (Wildman–Crippen LogP) is 3.14. The summed E-state index contributed by atoms with van der Waals surface area (Å²) < 4.78 is 0. The van der Waals surface area contributed by atoms with E-state index in [1.165, 1.54) is 16.9 Å². The first kappa shape index (κ1) is 16.6. The molecule has 0 saturated heterocycles. The van der Waals surface area contributed by atoms with Gasteiger partial charge in [-0.2, -0.15) is 0 Å². The average molecular weight is 343 g/mol. The Balaban J connectivity index is 1.63. The first-order valence-electron chi connectivity index (χ1n) is 8.06. The van der Waals surface area contributed by atoms with E-state index in [1.54, 1.807) is 0 Å². The van der Waals surface area contributed by atoms with Crippen LogP contribution in [0.15, 0.2) is 18.2 Å². The molecule has 1 fully saturated rings. The molecule has 2 aromatic rings. The second kappa shape index (κ2) is 6.73. The average Bonchev–Trinajstić information content (AvgIpc) is 3.24. The summed E-state index contributed by atoms with van der Waals surface area (Å²) in [6.45, 7) is 5.86. The summed E-state index contributed by atoms with van der Waals surface area (Å²) in [6.07, 6.45) is 2.28. The van der Waals surface area contributed by atoms with Crippen LogP contribution in [-0.4, -0.2) is 22.8 Å². The SMILES string of the molecule is Cc1ccc(NC(=O)Cc2nc(C)c(C(=O)NC3CC3)s2)cc1C. The largest absolute Gasteiger partial charge is 0.349 e. The smallest absolute Gasteiger partial charge is 0.263 e. The van der Waals surface area contributed by atoms with Crippen molar-refractivity contribution in [3.05, 3.63) is 44.9 Å². The Kier molecular flexibility index (Phi) is 4.66. The number of hydrogen-bond donors (Lipinski definition) is 2. The van der Waals surface area contributed by atoms with Gasteiger partial charge in [0.15, 0.2) is 0 Å². The third-order valence-corrected chi connectivity index (χ3v) is 5.22. The number of benzene rings is 1. The van der Waals surface area contributed by atoms with Gasteiger partial charge in [-0.25, -0.2) is 4.98 Å². The Morgan fingerprint density at radius 1 is 1.21 bits per heavy atom. The van der Waals surface area contributed by atoms with Gasteiger partial charge in [-0.05, 0) is 56.9 Å². The van der Waals surface area contributed by atoms with E-state index in [-0.39, 0.29) is 18.2 Å². The van der Waals surface area contributed by atoms with Gasteiger partial charge in [0.25, 0.3) is 5.91 Å². The molecule has 0 aliphatic heterocycles. The Morgan fingerprint density at radius 2 is 1.96 bits per heavy atom. The van der Waals surface area contributed by atoms with E-state index in [0.29, 0.717) is 21.6 Å². The van der Waals surface area contributed by atoms with Crippen LogP contribution in [0.5, 0.6) is 0 Å². The summed E-state index contributed by atoms with van der Waals surface area (Å²) in [6, 6.07) is 6.14. The van der Waals surface area contributed by atoms with Crippen molar-refractivity contribution in [2.24, 2.45) is 0 Å². The van der Waals surface area contributed by atoms with Crippen molar-refractivity contribution in [2.45, 2.75) is 46.1 Å². The molecule has 1 saturated carbocycles. The standard InChI is InChI=1S/C18H21N3O2S/c1-10-4-5-14(8-11(10)2)20-15(22)9-16-19-12(3)17(24-16)18(23)21-13-6-7-13/h4-5,8,13H,6-7,9H2,1-3H3,(H,20,22)(H,21,23). The number of aromatic nitrogens is 1. The molecule has 1 aromatic heterocycles. The maximum absolute atomic E-state index is 12.2. The number of thiazole rings is 1. The molecule has 5 nitrogen and oxygen atoms in total. The maximum Gasteiger partial charge on any atom is 0.263 e. The highest BCUT2D eigenvalue weighted by molar-refractivity contribution is 7.13. The van der Waals surface area contributed by atoms with Crippen molar-refractivity contribution in [1.82, 2.24) is 10.3 Å². The van der Waals surface area contributed by atoms with Gasteiger partial charge in [0.1, 0.15) is 9.88 Å². The van der Waals surface area contributed by atoms with Gasteiger partial charge in [-0.3, -0.25) is 9.59 Å². The van der Waals surface area contributed by atoms with Gasteiger partial charge in [0.05, 0.1) is 12.1 Å². The van der Waals surface area contributed by atoms with Crippen molar-refractivity contribution >= 4 is 28.8 Å². The fraction of sp³-hybridized carbons (Fsp3) is 0.389. The molecule has 1 aromatic carbocycles. The molecule has 0 radical (unpaired) electrons. The topological polar surface area (TPSA) is 71.1 Å². The van der Waals surface area contributed by atoms with E-state index in [2.05, 4.69) is 15.6 Å². The van der Waals surface area contributed by atoms with Gasteiger partial charge in [-0.1, -0.05) is 6.07 Å². The molecular formula is C18H21N3O2S. The summed E-state index contributed by atoms with van der Waals surface area (Å²) in [5.74, 6) is -0.200. The van der Waals surface area contributed by atoms with Crippen LogP contribution in [0.2, 0.25) is 0 Å². The van der Waals surface area contributed by atoms with Crippen molar-refractivity contribution in [1.29, 1.82) is 0 Å². The number of hydrogen-bond acceptors (Lipinski definition) is 4. The molecule has 6 heteroatoms. The zero-order valence-corrected chi connectivity index (χ0v) is 14.9. The Morgan fingerprint density at radius 3 is 2.62 bits per heavy atom. The van der Waals surface area contributed by atoms with E-state index in [4.69, 9.17) is 0 Å². The van der Waals surface area contributed by atoms with Crippen molar-refractivity contribution < 1.29 is 9.59 Å². The molecule has 0 bridgehead atoms. The van der Waals surface area contributed by atoms with Gasteiger partial charge in [0.2, 0.25) is 5.91 Å².